The van der Waals surface area contributed by atoms with Crippen LogP contribution in [0.1, 0.15) is 23.7 Å². The summed E-state index contributed by atoms with van der Waals surface area (Å²) in [4.78, 5) is 18.1. The number of nitrogens with one attached hydrogen (secondary N) is 1. The van der Waals surface area contributed by atoms with E-state index in [-0.39, 0.29) is 11.7 Å². The monoisotopic (exact) mass is 443 g/mol. The van der Waals surface area contributed by atoms with E-state index in [4.69, 9.17) is 4.74 Å². The van der Waals surface area contributed by atoms with E-state index in [1.165, 1.54) is 17.3 Å². The van der Waals surface area contributed by atoms with E-state index >= 15 is 0 Å². The fourth-order valence-corrected chi connectivity index (χ4v) is 4.51. The van der Waals surface area contributed by atoms with Crippen LogP contribution in [-0.4, -0.2) is 29.5 Å². The van der Waals surface area contributed by atoms with Gasteiger partial charge in [0.2, 0.25) is 5.91 Å². The number of aryl methyl sites for hydroxylation is 2. The highest BCUT2D eigenvalue weighted by molar-refractivity contribution is 8.00. The third kappa shape index (κ3) is 4.92. The van der Waals surface area contributed by atoms with Crippen molar-refractivity contribution >= 4 is 45.6 Å². The summed E-state index contributed by atoms with van der Waals surface area (Å²) in [5.74, 6) is 0.838. The summed E-state index contributed by atoms with van der Waals surface area (Å²) in [6.07, 6.45) is 1.66. The number of pyridine rings is 1. The lowest BCUT2D eigenvalue weighted by Crippen LogP contribution is -2.19. The minimum atomic E-state index is -0.167. The van der Waals surface area contributed by atoms with Crippen molar-refractivity contribution in [2.45, 2.75) is 25.7 Å². The normalized spacial score (nSPS) is 11.3. The summed E-state index contributed by atoms with van der Waals surface area (Å²) >= 11 is 1.49. The summed E-state index contributed by atoms with van der Waals surface area (Å²) < 4.78 is 5.76. The molecule has 0 saturated heterocycles. The molecule has 0 bridgehead atoms. The van der Waals surface area contributed by atoms with Gasteiger partial charge >= 0.3 is 0 Å². The molecule has 32 heavy (non-hydrogen) atoms. The lowest BCUT2D eigenvalue weighted by Gasteiger charge is -2.10. The summed E-state index contributed by atoms with van der Waals surface area (Å²) in [6, 6.07) is 20.2. The largest absolute Gasteiger partial charge is 0.493 e. The molecule has 0 saturated carbocycles. The number of benzene rings is 3. The van der Waals surface area contributed by atoms with E-state index in [1.54, 1.807) is 6.21 Å². The fraction of sp³-hybridized carbons (Fsp3) is 0.192. The van der Waals surface area contributed by atoms with E-state index in [0.29, 0.717) is 6.61 Å². The first-order valence-corrected chi connectivity index (χ1v) is 11.5. The molecule has 0 fully saturated rings. The average Bonchev–Trinajstić information content (AvgIpc) is 2.79. The van der Waals surface area contributed by atoms with Crippen LogP contribution in [0, 0.1) is 13.8 Å². The van der Waals surface area contributed by atoms with Crippen molar-refractivity contribution < 1.29 is 9.53 Å². The minimum Gasteiger partial charge on any atom is -0.493 e. The molecule has 4 aromatic rings. The second kappa shape index (κ2) is 9.83. The van der Waals surface area contributed by atoms with Crippen molar-refractivity contribution in [1.82, 2.24) is 10.4 Å². The Morgan fingerprint density at radius 3 is 2.78 bits per heavy atom. The first-order chi connectivity index (χ1) is 15.5. The second-order valence-electron chi connectivity index (χ2n) is 7.50. The molecule has 0 aliphatic heterocycles. The SMILES string of the molecule is CCOc1ccc2ccccc2c1C=NNC(=O)CSc1cc(C)nc2ccc(C)cc12. The zero-order valence-corrected chi connectivity index (χ0v) is 19.2. The molecule has 162 valence electrons. The van der Waals surface area contributed by atoms with Gasteiger partial charge in [0.05, 0.1) is 24.1 Å². The molecular formula is C26H25N3O2S. The minimum absolute atomic E-state index is 0.167. The highest BCUT2D eigenvalue weighted by Gasteiger charge is 2.09. The van der Waals surface area contributed by atoms with Crippen LogP contribution in [0.4, 0.5) is 0 Å². The van der Waals surface area contributed by atoms with Gasteiger partial charge in [-0.05, 0) is 55.8 Å². The van der Waals surface area contributed by atoms with Crippen LogP contribution in [0.15, 0.2) is 70.7 Å². The van der Waals surface area contributed by atoms with Crippen molar-refractivity contribution in [3.63, 3.8) is 0 Å². The zero-order valence-electron chi connectivity index (χ0n) is 18.4. The molecule has 1 amide bonds. The predicted octanol–water partition coefficient (Wildman–Crippen LogP) is 5.65. The Bertz CT molecular complexity index is 1320. The standard InChI is InChI=1S/C26H25N3O2S/c1-4-31-24-12-10-19-7-5-6-8-20(19)22(24)15-27-29-26(30)16-32-25-14-18(3)28-23-11-9-17(2)13-21(23)25/h5-15H,4,16H2,1-3H3,(H,29,30). The maximum Gasteiger partial charge on any atom is 0.250 e. The third-order valence-electron chi connectivity index (χ3n) is 5.03. The number of rotatable bonds is 7. The molecule has 1 heterocycles. The first-order valence-electron chi connectivity index (χ1n) is 10.5. The highest BCUT2D eigenvalue weighted by atomic mass is 32.2. The number of fused-ring (bicyclic) bond motifs is 2. The Labute approximate surface area is 191 Å². The van der Waals surface area contributed by atoms with Crippen molar-refractivity contribution in [2.75, 3.05) is 12.4 Å². The number of hydrazone groups is 1. The maximum atomic E-state index is 12.5. The summed E-state index contributed by atoms with van der Waals surface area (Å²) in [5, 5.41) is 7.39. The van der Waals surface area contributed by atoms with Gasteiger partial charge in [-0.25, -0.2) is 5.43 Å². The first kappa shape index (κ1) is 21.8. The molecule has 0 aliphatic carbocycles. The average molecular weight is 444 g/mol. The molecule has 1 N–H and O–H groups in total. The highest BCUT2D eigenvalue weighted by Crippen LogP contribution is 2.29. The van der Waals surface area contributed by atoms with E-state index in [9.17, 15) is 4.79 Å². The van der Waals surface area contributed by atoms with Gasteiger partial charge in [-0.2, -0.15) is 5.10 Å². The number of aromatic nitrogens is 1. The molecule has 4 rings (SSSR count). The number of carbonyl (C=O) groups is 1. The molecule has 3 aromatic carbocycles. The van der Waals surface area contributed by atoms with E-state index in [1.807, 2.05) is 62.4 Å². The van der Waals surface area contributed by atoms with Gasteiger partial charge in [0.1, 0.15) is 5.75 Å². The van der Waals surface area contributed by atoms with Gasteiger partial charge in [-0.3, -0.25) is 9.78 Å². The lowest BCUT2D eigenvalue weighted by molar-refractivity contribution is -0.118. The summed E-state index contributed by atoms with van der Waals surface area (Å²) in [7, 11) is 0. The topological polar surface area (TPSA) is 63.6 Å². The number of nitrogens with zero attached hydrogens (tertiary/aromatic N) is 2. The van der Waals surface area contributed by atoms with E-state index in [2.05, 4.69) is 34.6 Å². The number of ether oxygens (including phenoxy) is 1. The van der Waals surface area contributed by atoms with Crippen LogP contribution in [0.2, 0.25) is 0 Å². The van der Waals surface area contributed by atoms with Crippen LogP contribution in [-0.2, 0) is 4.79 Å². The van der Waals surface area contributed by atoms with Crippen molar-refractivity contribution in [3.8, 4) is 5.75 Å². The van der Waals surface area contributed by atoms with Gasteiger partial charge in [0.15, 0.2) is 0 Å². The van der Waals surface area contributed by atoms with Crippen LogP contribution in [0.3, 0.4) is 0 Å². The lowest BCUT2D eigenvalue weighted by atomic mass is 10.0. The van der Waals surface area contributed by atoms with Crippen molar-refractivity contribution in [2.24, 2.45) is 5.10 Å². The van der Waals surface area contributed by atoms with Crippen LogP contribution < -0.4 is 10.2 Å². The molecule has 0 unspecified atom stereocenters. The molecule has 0 aliphatic rings. The van der Waals surface area contributed by atoms with Crippen LogP contribution >= 0.6 is 11.8 Å². The fourth-order valence-electron chi connectivity index (χ4n) is 3.59. The summed E-state index contributed by atoms with van der Waals surface area (Å²) in [5.41, 5.74) is 6.54. The number of hydrogen-bond acceptors (Lipinski definition) is 5. The third-order valence-corrected chi connectivity index (χ3v) is 6.08. The van der Waals surface area contributed by atoms with Gasteiger partial charge < -0.3 is 4.74 Å². The number of carbonyl (C=O) groups excluding carboxylic acids is 1. The maximum absolute atomic E-state index is 12.5. The molecule has 0 radical (unpaired) electrons. The molecule has 0 atom stereocenters. The number of amides is 1. The Balaban J connectivity index is 1.48. The quantitative estimate of drug-likeness (QED) is 0.228. The van der Waals surface area contributed by atoms with Gasteiger partial charge in [-0.1, -0.05) is 42.0 Å². The van der Waals surface area contributed by atoms with Crippen LogP contribution in [0.5, 0.6) is 5.75 Å². The summed E-state index contributed by atoms with van der Waals surface area (Å²) in [6.45, 7) is 6.52. The van der Waals surface area contributed by atoms with Gasteiger partial charge in [0, 0.05) is 21.5 Å². The Morgan fingerprint density at radius 2 is 1.94 bits per heavy atom. The number of thioether (sulfide) groups is 1. The smallest absolute Gasteiger partial charge is 0.250 e. The van der Waals surface area contributed by atoms with Gasteiger partial charge in [0.25, 0.3) is 0 Å². The van der Waals surface area contributed by atoms with E-state index < -0.39 is 0 Å². The molecule has 6 heteroatoms. The molecular weight excluding hydrogens is 418 g/mol. The number of hydrogen-bond donors (Lipinski definition) is 1. The predicted molar refractivity (Wildman–Crippen MR) is 133 cm³/mol. The van der Waals surface area contributed by atoms with Crippen molar-refractivity contribution in [1.29, 1.82) is 0 Å². The molecule has 0 spiro atoms. The zero-order chi connectivity index (χ0) is 22.5. The van der Waals surface area contributed by atoms with Crippen molar-refractivity contribution in [3.05, 3.63) is 77.5 Å². The van der Waals surface area contributed by atoms with Gasteiger partial charge in [-0.15, -0.1) is 11.8 Å². The van der Waals surface area contributed by atoms with E-state index in [0.717, 1.165) is 43.6 Å². The van der Waals surface area contributed by atoms with Crippen LogP contribution in [0.25, 0.3) is 21.7 Å². The Kier molecular flexibility index (Phi) is 6.71. The molecule has 1 aromatic heterocycles. The molecule has 5 nitrogen and oxygen atoms in total. The second-order valence-corrected chi connectivity index (χ2v) is 8.51. The Hall–Kier alpha value is -3.38. The Morgan fingerprint density at radius 1 is 1.09 bits per heavy atom.